The first-order valence-electron chi connectivity index (χ1n) is 12.4. The predicted octanol–water partition coefficient (Wildman–Crippen LogP) is 6.11. The molecule has 7 heteroatoms. The zero-order chi connectivity index (χ0) is 26.8. The van der Waals surface area contributed by atoms with Crippen molar-refractivity contribution in [3.05, 3.63) is 95.3 Å². The van der Waals surface area contributed by atoms with Crippen molar-refractivity contribution in [2.24, 2.45) is 0 Å². The number of Topliss-reactive ketones (excluding diaryl/α,β-unsaturated/α-hetero) is 1. The van der Waals surface area contributed by atoms with Crippen LogP contribution in [-0.4, -0.2) is 25.5 Å². The molecule has 1 heterocycles. The van der Waals surface area contributed by atoms with Crippen LogP contribution in [0.2, 0.25) is 0 Å². The van der Waals surface area contributed by atoms with Crippen LogP contribution in [0.5, 0.6) is 0 Å². The summed E-state index contributed by atoms with van der Waals surface area (Å²) in [6.07, 6.45) is 2.02. The molecule has 4 aromatic rings. The lowest BCUT2D eigenvalue weighted by molar-refractivity contribution is -0.123. The molecule has 0 aliphatic carbocycles. The summed E-state index contributed by atoms with van der Waals surface area (Å²) in [5, 5.41) is 21.2. The average Bonchev–Trinajstić information content (AvgIpc) is 3.18. The molecule has 1 unspecified atom stereocenters. The lowest BCUT2D eigenvalue weighted by atomic mass is 9.89. The number of aromatic nitrogens is 2. The van der Waals surface area contributed by atoms with E-state index in [4.69, 9.17) is 4.98 Å². The fourth-order valence-corrected chi connectivity index (χ4v) is 4.61. The molecule has 0 amide bonds. The van der Waals surface area contributed by atoms with Crippen molar-refractivity contribution < 1.29 is 23.8 Å². The molecule has 0 radical (unpaired) electrons. The van der Waals surface area contributed by atoms with Gasteiger partial charge in [0.05, 0.1) is 27.9 Å². The molecular formula is C30H32F2N2O3. The van der Waals surface area contributed by atoms with E-state index in [1.165, 1.54) is 12.1 Å². The van der Waals surface area contributed by atoms with Gasteiger partial charge in [0.2, 0.25) is 0 Å². The van der Waals surface area contributed by atoms with Gasteiger partial charge in [-0.15, -0.1) is 0 Å². The SMILES string of the molecule is CC(C)(O)c1ccc2nc(CCCCC(=O)CC(C)(O)c3ccccc3)n(-c3cc(F)cc(F)c3)c2c1. The van der Waals surface area contributed by atoms with Gasteiger partial charge in [-0.2, -0.15) is 0 Å². The van der Waals surface area contributed by atoms with Crippen LogP contribution in [0.1, 0.15) is 63.4 Å². The Hall–Kier alpha value is -3.42. The highest BCUT2D eigenvalue weighted by Crippen LogP contribution is 2.29. The molecule has 5 nitrogen and oxygen atoms in total. The predicted molar refractivity (Wildman–Crippen MR) is 139 cm³/mol. The first kappa shape index (κ1) is 26.6. The Labute approximate surface area is 215 Å². The molecule has 37 heavy (non-hydrogen) atoms. The van der Waals surface area contributed by atoms with Crippen molar-refractivity contribution in [1.82, 2.24) is 9.55 Å². The number of hydrogen-bond donors (Lipinski definition) is 2. The van der Waals surface area contributed by atoms with Crippen LogP contribution < -0.4 is 0 Å². The van der Waals surface area contributed by atoms with Gasteiger partial charge in [-0.3, -0.25) is 9.36 Å². The topological polar surface area (TPSA) is 75.3 Å². The number of aryl methyl sites for hydroxylation is 1. The number of ketones is 1. The molecule has 0 bridgehead atoms. The quantitative estimate of drug-likeness (QED) is 0.255. The molecular weight excluding hydrogens is 474 g/mol. The zero-order valence-electron chi connectivity index (χ0n) is 21.3. The van der Waals surface area contributed by atoms with Crippen LogP contribution in [0.15, 0.2) is 66.7 Å². The number of rotatable bonds is 10. The second-order valence-electron chi connectivity index (χ2n) is 10.3. The Morgan fingerprint density at radius 3 is 2.22 bits per heavy atom. The number of halogens is 2. The van der Waals surface area contributed by atoms with E-state index in [-0.39, 0.29) is 12.2 Å². The third kappa shape index (κ3) is 6.29. The molecule has 0 aliphatic rings. The van der Waals surface area contributed by atoms with E-state index in [0.717, 1.165) is 6.07 Å². The Bertz CT molecular complexity index is 1390. The molecule has 0 saturated carbocycles. The van der Waals surface area contributed by atoms with Crippen molar-refractivity contribution >= 4 is 16.8 Å². The van der Waals surface area contributed by atoms with Gasteiger partial charge in [0.1, 0.15) is 23.2 Å². The minimum absolute atomic E-state index is 0.0256. The molecule has 1 atom stereocenters. The number of unbranched alkanes of at least 4 members (excludes halogenated alkanes) is 1. The molecule has 0 fully saturated rings. The second kappa shape index (κ2) is 10.5. The second-order valence-corrected chi connectivity index (χ2v) is 10.3. The smallest absolute Gasteiger partial charge is 0.136 e. The number of nitrogens with zero attached hydrogens (tertiary/aromatic N) is 2. The summed E-state index contributed by atoms with van der Waals surface area (Å²) >= 11 is 0. The van der Waals surface area contributed by atoms with Crippen LogP contribution in [0.3, 0.4) is 0 Å². The van der Waals surface area contributed by atoms with E-state index in [1.54, 1.807) is 55.7 Å². The highest BCUT2D eigenvalue weighted by molar-refractivity contribution is 5.80. The van der Waals surface area contributed by atoms with Crippen LogP contribution >= 0.6 is 0 Å². The minimum Gasteiger partial charge on any atom is -0.386 e. The molecule has 194 valence electrons. The molecule has 4 rings (SSSR count). The van der Waals surface area contributed by atoms with Crippen molar-refractivity contribution in [2.75, 3.05) is 0 Å². The number of fused-ring (bicyclic) bond motifs is 1. The van der Waals surface area contributed by atoms with Crippen molar-refractivity contribution in [3.8, 4) is 5.69 Å². The summed E-state index contributed by atoms with van der Waals surface area (Å²) < 4.78 is 29.9. The lowest BCUT2D eigenvalue weighted by Crippen LogP contribution is -2.25. The largest absolute Gasteiger partial charge is 0.386 e. The Morgan fingerprint density at radius 1 is 0.892 bits per heavy atom. The molecule has 2 N–H and O–H groups in total. The average molecular weight is 507 g/mol. The summed E-state index contributed by atoms with van der Waals surface area (Å²) in [4.78, 5) is 17.3. The third-order valence-corrected chi connectivity index (χ3v) is 6.58. The summed E-state index contributed by atoms with van der Waals surface area (Å²) in [5.74, 6) is -0.823. The number of imidazole rings is 1. The van der Waals surface area contributed by atoms with E-state index >= 15 is 0 Å². The van der Waals surface area contributed by atoms with Crippen LogP contribution in [0.4, 0.5) is 8.78 Å². The van der Waals surface area contributed by atoms with Gasteiger partial charge in [-0.05, 0) is 69.0 Å². The van der Waals surface area contributed by atoms with Crippen LogP contribution in [0.25, 0.3) is 16.7 Å². The summed E-state index contributed by atoms with van der Waals surface area (Å²) in [6.45, 7) is 4.98. The monoisotopic (exact) mass is 506 g/mol. The Balaban J connectivity index is 1.52. The molecule has 0 spiro atoms. The maximum Gasteiger partial charge on any atom is 0.136 e. The summed E-state index contributed by atoms with van der Waals surface area (Å²) in [7, 11) is 0. The van der Waals surface area contributed by atoms with Gasteiger partial charge in [-0.25, -0.2) is 13.8 Å². The van der Waals surface area contributed by atoms with Gasteiger partial charge < -0.3 is 10.2 Å². The molecule has 3 aromatic carbocycles. The van der Waals surface area contributed by atoms with Crippen molar-refractivity contribution in [1.29, 1.82) is 0 Å². The van der Waals surface area contributed by atoms with E-state index < -0.39 is 22.8 Å². The van der Waals surface area contributed by atoms with Gasteiger partial charge in [-0.1, -0.05) is 36.4 Å². The molecule has 0 aliphatic heterocycles. The highest BCUT2D eigenvalue weighted by atomic mass is 19.1. The summed E-state index contributed by atoms with van der Waals surface area (Å²) in [5.41, 5.74) is 0.602. The number of carbonyl (C=O) groups excluding carboxylic acids is 1. The zero-order valence-corrected chi connectivity index (χ0v) is 21.3. The lowest BCUT2D eigenvalue weighted by Gasteiger charge is -2.23. The van der Waals surface area contributed by atoms with Crippen molar-refractivity contribution in [2.45, 2.75) is 64.1 Å². The fourth-order valence-electron chi connectivity index (χ4n) is 4.61. The van der Waals surface area contributed by atoms with Crippen molar-refractivity contribution in [3.63, 3.8) is 0 Å². The molecule has 0 saturated heterocycles. The Morgan fingerprint density at radius 2 is 1.57 bits per heavy atom. The minimum atomic E-state index is -1.23. The van der Waals surface area contributed by atoms with Gasteiger partial charge in [0, 0.05) is 25.3 Å². The maximum absolute atomic E-state index is 14.1. The Kier molecular flexibility index (Phi) is 7.57. The van der Waals surface area contributed by atoms with Gasteiger partial charge >= 0.3 is 0 Å². The maximum atomic E-state index is 14.1. The standard InChI is InChI=1S/C30H32F2N2O3/c1-29(2,36)21-13-14-26-27(15-21)34(24-17-22(31)16-23(32)18-24)28(33-26)12-8-7-11-25(35)19-30(3,37)20-9-5-4-6-10-20/h4-6,9-10,13-18,36-37H,7-8,11-12,19H2,1-3H3. The number of carbonyl (C=O) groups is 1. The highest BCUT2D eigenvalue weighted by Gasteiger charge is 2.26. The first-order chi connectivity index (χ1) is 17.4. The number of aliphatic hydroxyl groups is 2. The first-order valence-corrected chi connectivity index (χ1v) is 12.4. The molecule has 1 aromatic heterocycles. The third-order valence-electron chi connectivity index (χ3n) is 6.58. The van der Waals surface area contributed by atoms with E-state index in [2.05, 4.69) is 0 Å². The number of hydrogen-bond acceptors (Lipinski definition) is 4. The van der Waals surface area contributed by atoms with Crippen LogP contribution in [0, 0.1) is 11.6 Å². The normalized spacial score (nSPS) is 13.6. The number of benzene rings is 3. The van der Waals surface area contributed by atoms with E-state index in [1.807, 2.05) is 18.2 Å². The van der Waals surface area contributed by atoms with E-state index in [9.17, 15) is 23.8 Å². The fraction of sp³-hybridized carbons (Fsp3) is 0.333. The van der Waals surface area contributed by atoms with Gasteiger partial charge in [0.15, 0.2) is 0 Å². The van der Waals surface area contributed by atoms with Gasteiger partial charge in [0.25, 0.3) is 0 Å². The van der Waals surface area contributed by atoms with Crippen LogP contribution in [-0.2, 0) is 22.4 Å². The van der Waals surface area contributed by atoms with E-state index in [0.29, 0.717) is 59.4 Å². The summed E-state index contributed by atoms with van der Waals surface area (Å²) in [6, 6.07) is 17.8.